The second-order valence-electron chi connectivity index (χ2n) is 3.62. The molecule has 1 aromatic carbocycles. The van der Waals surface area contributed by atoms with Gasteiger partial charge in [-0.15, -0.1) is 0 Å². The molecule has 88 valence electrons. The minimum atomic E-state index is -0.251. The maximum atomic E-state index is 6.14. The molecule has 2 aromatic rings. The number of ether oxygens (including phenoxy) is 1. The third-order valence-electron chi connectivity index (χ3n) is 2.45. The van der Waals surface area contributed by atoms with E-state index >= 15 is 0 Å². The molecule has 2 rings (SSSR count). The summed E-state index contributed by atoms with van der Waals surface area (Å²) in [4.78, 5) is 8.03. The summed E-state index contributed by atoms with van der Waals surface area (Å²) in [5, 5.41) is 0. The molecule has 1 atom stereocenters. The van der Waals surface area contributed by atoms with Gasteiger partial charge in [-0.25, -0.2) is 9.97 Å². The lowest BCUT2D eigenvalue weighted by molar-refractivity contribution is 0.340. The van der Waals surface area contributed by atoms with Crippen molar-refractivity contribution in [3.05, 3.63) is 54.1 Å². The molecule has 2 N–H and O–H groups in total. The Morgan fingerprint density at radius 1 is 1.35 bits per heavy atom. The van der Waals surface area contributed by atoms with Gasteiger partial charge in [0, 0.05) is 6.20 Å². The highest BCUT2D eigenvalue weighted by molar-refractivity contribution is 5.33. The maximum Gasteiger partial charge on any atom is 0.119 e. The van der Waals surface area contributed by atoms with Crippen molar-refractivity contribution in [3.63, 3.8) is 0 Å². The average molecular weight is 229 g/mol. The van der Waals surface area contributed by atoms with Crippen molar-refractivity contribution in [3.8, 4) is 5.75 Å². The Morgan fingerprint density at radius 3 is 2.94 bits per heavy atom. The largest absolute Gasteiger partial charge is 0.494 e. The van der Waals surface area contributed by atoms with Gasteiger partial charge in [0.15, 0.2) is 0 Å². The molecule has 0 bridgehead atoms. The van der Waals surface area contributed by atoms with Crippen LogP contribution in [0.25, 0.3) is 0 Å². The molecular weight excluding hydrogens is 214 g/mol. The van der Waals surface area contributed by atoms with E-state index in [1.807, 2.05) is 37.3 Å². The fraction of sp³-hybridized carbons (Fsp3) is 0.231. The van der Waals surface area contributed by atoms with Crippen molar-refractivity contribution in [1.82, 2.24) is 9.97 Å². The first-order valence-electron chi connectivity index (χ1n) is 5.55. The molecule has 0 saturated carbocycles. The molecule has 0 aliphatic rings. The fourth-order valence-electron chi connectivity index (χ4n) is 1.62. The zero-order valence-electron chi connectivity index (χ0n) is 9.71. The summed E-state index contributed by atoms with van der Waals surface area (Å²) in [7, 11) is 0. The van der Waals surface area contributed by atoms with E-state index in [0.717, 1.165) is 17.0 Å². The first-order chi connectivity index (χ1) is 8.31. The predicted octanol–water partition coefficient (Wildman–Crippen LogP) is 1.92. The molecule has 4 heteroatoms. The van der Waals surface area contributed by atoms with Gasteiger partial charge in [-0.1, -0.05) is 12.1 Å². The van der Waals surface area contributed by atoms with Crippen LogP contribution in [0.4, 0.5) is 0 Å². The van der Waals surface area contributed by atoms with E-state index < -0.39 is 0 Å². The third-order valence-corrected chi connectivity index (χ3v) is 2.45. The van der Waals surface area contributed by atoms with Crippen LogP contribution in [0.3, 0.4) is 0 Å². The quantitative estimate of drug-likeness (QED) is 0.870. The van der Waals surface area contributed by atoms with Gasteiger partial charge in [0.1, 0.15) is 12.1 Å². The molecule has 1 aromatic heterocycles. The van der Waals surface area contributed by atoms with Gasteiger partial charge in [-0.3, -0.25) is 0 Å². The van der Waals surface area contributed by atoms with Crippen LogP contribution in [0.15, 0.2) is 42.9 Å². The summed E-state index contributed by atoms with van der Waals surface area (Å²) in [6.45, 7) is 2.60. The Kier molecular flexibility index (Phi) is 3.67. The highest BCUT2D eigenvalue weighted by Crippen LogP contribution is 2.21. The van der Waals surface area contributed by atoms with Crippen LogP contribution in [0.5, 0.6) is 5.75 Å². The van der Waals surface area contributed by atoms with Gasteiger partial charge < -0.3 is 10.5 Å². The van der Waals surface area contributed by atoms with Crippen molar-refractivity contribution in [2.24, 2.45) is 5.73 Å². The van der Waals surface area contributed by atoms with Crippen LogP contribution < -0.4 is 10.5 Å². The molecule has 0 amide bonds. The van der Waals surface area contributed by atoms with E-state index in [0.29, 0.717) is 6.61 Å². The van der Waals surface area contributed by atoms with Crippen molar-refractivity contribution in [2.45, 2.75) is 13.0 Å². The summed E-state index contributed by atoms with van der Waals surface area (Å²) in [6, 6.07) is 9.32. The summed E-state index contributed by atoms with van der Waals surface area (Å²) in [6.07, 6.45) is 3.19. The maximum absolute atomic E-state index is 6.14. The van der Waals surface area contributed by atoms with Gasteiger partial charge in [0.2, 0.25) is 0 Å². The monoisotopic (exact) mass is 229 g/mol. The molecule has 4 nitrogen and oxygen atoms in total. The standard InChI is InChI=1S/C13H15N3O/c1-2-17-11-5-3-4-10(8-11)13(14)12-6-7-15-9-16-12/h3-9,13H,2,14H2,1H3. The summed E-state index contributed by atoms with van der Waals surface area (Å²) in [5.74, 6) is 0.828. The lowest BCUT2D eigenvalue weighted by Crippen LogP contribution is -2.13. The SMILES string of the molecule is CCOc1cccc(C(N)c2ccncn2)c1. The second kappa shape index (κ2) is 5.41. The van der Waals surface area contributed by atoms with Gasteiger partial charge in [0.05, 0.1) is 18.3 Å². The molecule has 1 unspecified atom stereocenters. The highest BCUT2D eigenvalue weighted by atomic mass is 16.5. The minimum Gasteiger partial charge on any atom is -0.494 e. The molecule has 0 aliphatic carbocycles. The van der Waals surface area contributed by atoms with E-state index in [2.05, 4.69) is 9.97 Å². The number of benzene rings is 1. The lowest BCUT2D eigenvalue weighted by Gasteiger charge is -2.12. The number of hydrogen-bond donors (Lipinski definition) is 1. The van der Waals surface area contributed by atoms with Crippen LogP contribution >= 0.6 is 0 Å². The topological polar surface area (TPSA) is 61.0 Å². The lowest BCUT2D eigenvalue weighted by atomic mass is 10.0. The first-order valence-corrected chi connectivity index (χ1v) is 5.55. The Morgan fingerprint density at radius 2 is 2.24 bits per heavy atom. The zero-order chi connectivity index (χ0) is 12.1. The van der Waals surface area contributed by atoms with Crippen molar-refractivity contribution >= 4 is 0 Å². The molecule has 17 heavy (non-hydrogen) atoms. The Hall–Kier alpha value is -1.94. The van der Waals surface area contributed by atoms with Gasteiger partial charge >= 0.3 is 0 Å². The van der Waals surface area contributed by atoms with Crippen molar-refractivity contribution in [2.75, 3.05) is 6.61 Å². The van der Waals surface area contributed by atoms with Crippen molar-refractivity contribution < 1.29 is 4.74 Å². The summed E-state index contributed by atoms with van der Waals surface area (Å²) < 4.78 is 5.44. The van der Waals surface area contributed by atoms with Gasteiger partial charge in [-0.2, -0.15) is 0 Å². The van der Waals surface area contributed by atoms with E-state index in [9.17, 15) is 0 Å². The van der Waals surface area contributed by atoms with E-state index in [1.165, 1.54) is 6.33 Å². The first kappa shape index (κ1) is 11.5. The number of nitrogens with zero attached hydrogens (tertiary/aromatic N) is 2. The molecule has 0 spiro atoms. The minimum absolute atomic E-state index is 0.251. The highest BCUT2D eigenvalue weighted by Gasteiger charge is 2.10. The fourth-order valence-corrected chi connectivity index (χ4v) is 1.62. The number of aromatic nitrogens is 2. The number of hydrogen-bond acceptors (Lipinski definition) is 4. The Balaban J connectivity index is 2.25. The Labute approximate surface area is 100 Å². The molecule has 0 saturated heterocycles. The van der Waals surface area contributed by atoms with Crippen LogP contribution in [-0.4, -0.2) is 16.6 Å². The molecule has 1 heterocycles. The smallest absolute Gasteiger partial charge is 0.119 e. The summed E-state index contributed by atoms with van der Waals surface area (Å²) >= 11 is 0. The van der Waals surface area contributed by atoms with Gasteiger partial charge in [0.25, 0.3) is 0 Å². The molecule has 0 aliphatic heterocycles. The predicted molar refractivity (Wildman–Crippen MR) is 65.7 cm³/mol. The molecule has 0 radical (unpaired) electrons. The molecule has 0 fully saturated rings. The van der Waals surface area contributed by atoms with E-state index in [4.69, 9.17) is 10.5 Å². The van der Waals surface area contributed by atoms with Crippen LogP contribution in [0.1, 0.15) is 24.2 Å². The third kappa shape index (κ3) is 2.79. The van der Waals surface area contributed by atoms with Crippen LogP contribution in [0.2, 0.25) is 0 Å². The number of rotatable bonds is 4. The second-order valence-corrected chi connectivity index (χ2v) is 3.62. The zero-order valence-corrected chi connectivity index (χ0v) is 9.71. The van der Waals surface area contributed by atoms with Gasteiger partial charge in [-0.05, 0) is 30.7 Å². The normalized spacial score (nSPS) is 12.1. The number of nitrogens with two attached hydrogens (primary N) is 1. The van der Waals surface area contributed by atoms with Crippen molar-refractivity contribution in [1.29, 1.82) is 0 Å². The average Bonchev–Trinajstić information content (AvgIpc) is 2.40. The van der Waals surface area contributed by atoms with Crippen LogP contribution in [0, 0.1) is 0 Å². The van der Waals surface area contributed by atoms with Crippen LogP contribution in [-0.2, 0) is 0 Å². The summed E-state index contributed by atoms with van der Waals surface area (Å²) in [5.41, 5.74) is 7.92. The van der Waals surface area contributed by atoms with E-state index in [1.54, 1.807) is 6.20 Å². The van der Waals surface area contributed by atoms with E-state index in [-0.39, 0.29) is 6.04 Å². The Bertz CT molecular complexity index is 473. The molecular formula is C13H15N3O.